The highest BCUT2D eigenvalue weighted by Crippen LogP contribution is 2.31. The number of aliphatic hydroxyl groups excluding tert-OH is 1. The summed E-state index contributed by atoms with van der Waals surface area (Å²) in [6, 6.07) is 8.49. The van der Waals surface area contributed by atoms with Gasteiger partial charge in [0.2, 0.25) is 5.95 Å². The van der Waals surface area contributed by atoms with Gasteiger partial charge in [-0.2, -0.15) is 0 Å². The molecule has 0 saturated carbocycles. The molecule has 1 saturated heterocycles. The summed E-state index contributed by atoms with van der Waals surface area (Å²) in [5.74, 6) is 0.952. The highest BCUT2D eigenvalue weighted by molar-refractivity contribution is 5.79. The van der Waals surface area contributed by atoms with E-state index >= 15 is 0 Å². The van der Waals surface area contributed by atoms with Gasteiger partial charge in [0.1, 0.15) is 11.4 Å². The number of aliphatic hydroxyl groups is 1. The number of hydrogen-bond acceptors (Lipinski definition) is 7. The minimum atomic E-state index is -0.196. The van der Waals surface area contributed by atoms with Crippen LogP contribution in [-0.2, 0) is 24.5 Å². The molecule has 2 N–H and O–H groups in total. The molecular weight excluding hydrogens is 418 g/mol. The minimum Gasteiger partial charge on any atom is -0.506 e. The molecule has 1 aliphatic rings. The van der Waals surface area contributed by atoms with Gasteiger partial charge in [-0.05, 0) is 37.9 Å². The van der Waals surface area contributed by atoms with Crippen molar-refractivity contribution in [1.82, 2.24) is 19.4 Å². The lowest BCUT2D eigenvalue weighted by Gasteiger charge is -2.37. The molecule has 0 bridgehead atoms. The molecular formula is C25H35N5O3. The van der Waals surface area contributed by atoms with E-state index in [0.29, 0.717) is 29.4 Å². The first-order chi connectivity index (χ1) is 16.1. The average molecular weight is 454 g/mol. The number of fused-ring (bicyclic) bond motifs is 1. The zero-order chi connectivity index (χ0) is 23.4. The second-order valence-corrected chi connectivity index (χ2v) is 8.82. The van der Waals surface area contributed by atoms with Crippen LogP contribution in [0.15, 0.2) is 30.5 Å². The fourth-order valence-electron chi connectivity index (χ4n) is 4.83. The van der Waals surface area contributed by atoms with E-state index in [0.717, 1.165) is 49.5 Å². The van der Waals surface area contributed by atoms with Gasteiger partial charge in [-0.25, -0.2) is 4.98 Å². The molecule has 3 aromatic rings. The SMILES string of the molecule is CCCN1CCC(N(C)c2nc3ccccc3n2Cc2ncc(CO)c(COC)c2O)CC1. The van der Waals surface area contributed by atoms with Gasteiger partial charge in [0.05, 0.1) is 30.8 Å². The van der Waals surface area contributed by atoms with Crippen molar-refractivity contribution in [1.29, 1.82) is 0 Å². The normalized spacial score (nSPS) is 15.4. The molecule has 0 amide bonds. The number of nitrogens with zero attached hydrogens (tertiary/aromatic N) is 5. The van der Waals surface area contributed by atoms with Crippen molar-refractivity contribution in [2.75, 3.05) is 38.7 Å². The van der Waals surface area contributed by atoms with Gasteiger partial charge < -0.3 is 29.3 Å². The Morgan fingerprint density at radius 3 is 2.67 bits per heavy atom. The Labute approximate surface area is 195 Å². The molecule has 4 rings (SSSR count). The second-order valence-electron chi connectivity index (χ2n) is 8.82. The number of likely N-dealkylation sites (tertiary alicyclic amines) is 1. The highest BCUT2D eigenvalue weighted by atomic mass is 16.5. The average Bonchev–Trinajstić information content (AvgIpc) is 3.20. The number of aromatic hydroxyl groups is 1. The number of aromatic nitrogens is 3. The molecule has 1 aromatic carbocycles. The standard InChI is InChI=1S/C25H35N5O3/c1-4-11-29-12-9-19(10-13-29)28(2)25-27-21-7-5-6-8-23(21)30(25)15-22-24(32)20(17-33-3)18(16-31)14-26-22/h5-8,14,19,31-32H,4,9-13,15-17H2,1-3H3. The third-order valence-electron chi connectivity index (χ3n) is 6.68. The van der Waals surface area contributed by atoms with E-state index < -0.39 is 0 Å². The Kier molecular flexibility index (Phi) is 7.47. The molecule has 0 aliphatic carbocycles. The molecule has 178 valence electrons. The molecule has 8 nitrogen and oxygen atoms in total. The third kappa shape index (κ3) is 4.83. The summed E-state index contributed by atoms with van der Waals surface area (Å²) in [7, 11) is 3.69. The monoisotopic (exact) mass is 453 g/mol. The van der Waals surface area contributed by atoms with E-state index in [2.05, 4.69) is 39.4 Å². The Morgan fingerprint density at radius 1 is 1.21 bits per heavy atom. The fourth-order valence-corrected chi connectivity index (χ4v) is 4.83. The van der Waals surface area contributed by atoms with Gasteiger partial charge in [0.25, 0.3) is 0 Å². The summed E-state index contributed by atoms with van der Waals surface area (Å²) < 4.78 is 7.38. The number of para-hydroxylation sites is 2. The van der Waals surface area contributed by atoms with E-state index in [4.69, 9.17) is 9.72 Å². The van der Waals surface area contributed by atoms with Crippen LogP contribution in [0, 0.1) is 0 Å². The van der Waals surface area contributed by atoms with Gasteiger partial charge in [-0.15, -0.1) is 0 Å². The number of anilines is 1. The van der Waals surface area contributed by atoms with Crippen molar-refractivity contribution in [2.45, 2.75) is 52.0 Å². The summed E-state index contributed by atoms with van der Waals surface area (Å²) >= 11 is 0. The summed E-state index contributed by atoms with van der Waals surface area (Å²) in [5, 5.41) is 20.6. The van der Waals surface area contributed by atoms with Crippen LogP contribution in [0.3, 0.4) is 0 Å². The molecule has 0 unspecified atom stereocenters. The van der Waals surface area contributed by atoms with Crippen molar-refractivity contribution in [2.24, 2.45) is 0 Å². The maximum atomic E-state index is 11.0. The Morgan fingerprint density at radius 2 is 1.97 bits per heavy atom. The lowest BCUT2D eigenvalue weighted by atomic mass is 10.0. The van der Waals surface area contributed by atoms with Crippen molar-refractivity contribution < 1.29 is 14.9 Å². The minimum absolute atomic E-state index is 0.0719. The smallest absolute Gasteiger partial charge is 0.206 e. The number of ether oxygens (including phenoxy) is 1. The third-order valence-corrected chi connectivity index (χ3v) is 6.68. The second kappa shape index (κ2) is 10.5. The molecule has 1 aliphatic heterocycles. The first kappa shape index (κ1) is 23.5. The van der Waals surface area contributed by atoms with Gasteiger partial charge in [-0.3, -0.25) is 4.98 Å². The Balaban J connectivity index is 1.67. The number of rotatable bonds is 9. The van der Waals surface area contributed by atoms with Gasteiger partial charge in [0.15, 0.2) is 0 Å². The molecule has 0 radical (unpaired) electrons. The Hall–Kier alpha value is -2.68. The molecule has 2 aromatic heterocycles. The lowest BCUT2D eigenvalue weighted by Crippen LogP contribution is -2.44. The zero-order valence-corrected chi connectivity index (χ0v) is 19.9. The summed E-state index contributed by atoms with van der Waals surface area (Å²) in [4.78, 5) is 14.3. The summed E-state index contributed by atoms with van der Waals surface area (Å²) in [6.07, 6.45) is 5.01. The molecule has 8 heteroatoms. The van der Waals surface area contributed by atoms with E-state index in [1.54, 1.807) is 13.3 Å². The molecule has 0 spiro atoms. The highest BCUT2D eigenvalue weighted by Gasteiger charge is 2.26. The van der Waals surface area contributed by atoms with Gasteiger partial charge >= 0.3 is 0 Å². The van der Waals surface area contributed by atoms with Crippen LogP contribution in [0.1, 0.15) is 43.0 Å². The van der Waals surface area contributed by atoms with E-state index in [-0.39, 0.29) is 19.0 Å². The van der Waals surface area contributed by atoms with Crippen molar-refractivity contribution in [3.63, 3.8) is 0 Å². The van der Waals surface area contributed by atoms with Crippen LogP contribution < -0.4 is 4.90 Å². The first-order valence-electron chi connectivity index (χ1n) is 11.8. The fraction of sp³-hybridized carbons (Fsp3) is 0.520. The molecule has 0 atom stereocenters. The number of pyridine rings is 1. The van der Waals surface area contributed by atoms with Crippen LogP contribution in [0.25, 0.3) is 11.0 Å². The summed E-state index contributed by atoms with van der Waals surface area (Å²) in [5.41, 5.74) is 3.61. The number of piperidine rings is 1. The number of hydrogen-bond donors (Lipinski definition) is 2. The first-order valence-corrected chi connectivity index (χ1v) is 11.8. The summed E-state index contributed by atoms with van der Waals surface area (Å²) in [6.45, 7) is 6.00. The Bertz CT molecular complexity index is 1080. The quantitative estimate of drug-likeness (QED) is 0.515. The van der Waals surface area contributed by atoms with Gasteiger partial charge in [-0.1, -0.05) is 19.1 Å². The van der Waals surface area contributed by atoms with E-state index in [1.165, 1.54) is 6.42 Å². The topological polar surface area (TPSA) is 86.9 Å². The van der Waals surface area contributed by atoms with Crippen molar-refractivity contribution in [3.05, 3.63) is 47.3 Å². The number of benzene rings is 1. The van der Waals surface area contributed by atoms with E-state index in [9.17, 15) is 10.2 Å². The lowest BCUT2D eigenvalue weighted by molar-refractivity contribution is 0.178. The van der Waals surface area contributed by atoms with E-state index in [1.807, 2.05) is 18.2 Å². The zero-order valence-electron chi connectivity index (χ0n) is 19.9. The predicted molar refractivity (Wildman–Crippen MR) is 130 cm³/mol. The van der Waals surface area contributed by atoms with Crippen LogP contribution in [0.2, 0.25) is 0 Å². The molecule has 3 heterocycles. The van der Waals surface area contributed by atoms with Crippen LogP contribution in [-0.4, -0.2) is 69.5 Å². The van der Waals surface area contributed by atoms with Crippen LogP contribution in [0.5, 0.6) is 5.75 Å². The largest absolute Gasteiger partial charge is 0.506 e. The van der Waals surface area contributed by atoms with Crippen LogP contribution in [0.4, 0.5) is 5.95 Å². The molecule has 33 heavy (non-hydrogen) atoms. The van der Waals surface area contributed by atoms with Crippen molar-refractivity contribution >= 4 is 17.0 Å². The maximum absolute atomic E-state index is 11.0. The number of imidazole rings is 1. The molecule has 1 fully saturated rings. The predicted octanol–water partition coefficient (Wildman–Crippen LogP) is 3.13. The van der Waals surface area contributed by atoms with Gasteiger partial charge in [0, 0.05) is 50.6 Å². The maximum Gasteiger partial charge on any atom is 0.206 e. The van der Waals surface area contributed by atoms with Crippen molar-refractivity contribution in [3.8, 4) is 5.75 Å². The van der Waals surface area contributed by atoms with Crippen LogP contribution >= 0.6 is 0 Å². The number of methoxy groups -OCH3 is 1.